The van der Waals surface area contributed by atoms with Gasteiger partial charge in [-0.15, -0.1) is 0 Å². The van der Waals surface area contributed by atoms with Crippen molar-refractivity contribution in [2.45, 2.75) is 26.4 Å². The fraction of sp³-hybridized carbons (Fsp3) is 0.267. The van der Waals surface area contributed by atoms with Crippen molar-refractivity contribution in [3.8, 4) is 0 Å². The third-order valence-electron chi connectivity index (χ3n) is 3.32. The molecule has 0 atom stereocenters. The Kier molecular flexibility index (Phi) is 2.67. The zero-order valence-electron chi connectivity index (χ0n) is 10.7. The SMILES string of the molecule is CC(C)n1cncc1Cn1ccc2ccccc21. The van der Waals surface area contributed by atoms with E-state index in [9.17, 15) is 0 Å². The van der Waals surface area contributed by atoms with Gasteiger partial charge in [-0.2, -0.15) is 0 Å². The molecule has 0 aliphatic rings. The third-order valence-corrected chi connectivity index (χ3v) is 3.32. The van der Waals surface area contributed by atoms with Crippen LogP contribution >= 0.6 is 0 Å². The highest BCUT2D eigenvalue weighted by atomic mass is 15.1. The van der Waals surface area contributed by atoms with Gasteiger partial charge in [-0.25, -0.2) is 4.98 Å². The summed E-state index contributed by atoms with van der Waals surface area (Å²) in [6.07, 6.45) is 6.00. The Hall–Kier alpha value is -2.03. The van der Waals surface area contributed by atoms with E-state index >= 15 is 0 Å². The lowest BCUT2D eigenvalue weighted by atomic mass is 10.2. The molecule has 0 radical (unpaired) electrons. The molecule has 2 heterocycles. The van der Waals surface area contributed by atoms with Crippen LogP contribution in [-0.4, -0.2) is 14.1 Å². The lowest BCUT2D eigenvalue weighted by Gasteiger charge is -2.12. The van der Waals surface area contributed by atoms with Crippen LogP contribution in [0.5, 0.6) is 0 Å². The Labute approximate surface area is 107 Å². The Morgan fingerprint density at radius 3 is 2.83 bits per heavy atom. The summed E-state index contributed by atoms with van der Waals surface area (Å²) in [6, 6.07) is 11.1. The Morgan fingerprint density at radius 2 is 2.00 bits per heavy atom. The molecule has 3 rings (SSSR count). The molecule has 0 unspecified atom stereocenters. The van der Waals surface area contributed by atoms with E-state index in [0.29, 0.717) is 6.04 Å². The van der Waals surface area contributed by atoms with E-state index < -0.39 is 0 Å². The second-order valence-corrected chi connectivity index (χ2v) is 4.89. The van der Waals surface area contributed by atoms with Gasteiger partial charge in [0.15, 0.2) is 0 Å². The van der Waals surface area contributed by atoms with Gasteiger partial charge in [-0.05, 0) is 31.4 Å². The average Bonchev–Trinajstić information content (AvgIpc) is 2.97. The second kappa shape index (κ2) is 4.33. The molecule has 3 heteroatoms. The molecule has 0 spiro atoms. The lowest BCUT2D eigenvalue weighted by Crippen LogP contribution is -2.08. The minimum atomic E-state index is 0.448. The molecule has 0 N–H and O–H groups in total. The van der Waals surface area contributed by atoms with E-state index in [1.165, 1.54) is 16.6 Å². The first kappa shape index (κ1) is 11.1. The number of fused-ring (bicyclic) bond motifs is 1. The van der Waals surface area contributed by atoms with E-state index in [0.717, 1.165) is 6.54 Å². The molecule has 0 saturated carbocycles. The van der Waals surface area contributed by atoms with Gasteiger partial charge in [0.2, 0.25) is 0 Å². The van der Waals surface area contributed by atoms with Crippen LogP contribution in [0.1, 0.15) is 25.6 Å². The largest absolute Gasteiger partial charge is 0.341 e. The number of hydrogen-bond acceptors (Lipinski definition) is 1. The molecular weight excluding hydrogens is 222 g/mol. The zero-order chi connectivity index (χ0) is 12.5. The number of nitrogens with zero attached hydrogens (tertiary/aromatic N) is 3. The minimum Gasteiger partial charge on any atom is -0.341 e. The molecule has 0 fully saturated rings. The normalized spacial score (nSPS) is 11.5. The maximum atomic E-state index is 4.25. The van der Waals surface area contributed by atoms with Crippen LogP contribution in [-0.2, 0) is 6.54 Å². The summed E-state index contributed by atoms with van der Waals surface area (Å²) >= 11 is 0. The first-order valence-electron chi connectivity index (χ1n) is 6.30. The Bertz CT molecular complexity index is 661. The van der Waals surface area contributed by atoms with E-state index in [1.54, 1.807) is 0 Å². The lowest BCUT2D eigenvalue weighted by molar-refractivity contribution is 0.564. The van der Waals surface area contributed by atoms with E-state index in [-0.39, 0.29) is 0 Å². The molecule has 0 aliphatic heterocycles. The molecule has 3 nitrogen and oxygen atoms in total. The fourth-order valence-electron chi connectivity index (χ4n) is 2.37. The first-order chi connectivity index (χ1) is 8.75. The highest BCUT2D eigenvalue weighted by molar-refractivity contribution is 5.79. The molecule has 18 heavy (non-hydrogen) atoms. The van der Waals surface area contributed by atoms with Crippen molar-refractivity contribution in [3.05, 3.63) is 54.7 Å². The number of benzene rings is 1. The zero-order valence-corrected chi connectivity index (χ0v) is 10.7. The summed E-state index contributed by atoms with van der Waals surface area (Å²) in [4.78, 5) is 4.25. The van der Waals surface area contributed by atoms with Gasteiger partial charge in [0.05, 0.1) is 18.6 Å². The number of rotatable bonds is 3. The predicted molar refractivity (Wildman–Crippen MR) is 73.7 cm³/mol. The van der Waals surface area contributed by atoms with Gasteiger partial charge in [-0.3, -0.25) is 0 Å². The van der Waals surface area contributed by atoms with Crippen LogP contribution in [0.2, 0.25) is 0 Å². The Morgan fingerprint density at radius 1 is 1.17 bits per heavy atom. The van der Waals surface area contributed by atoms with Crippen LogP contribution in [0.4, 0.5) is 0 Å². The summed E-state index contributed by atoms with van der Waals surface area (Å²) in [6.45, 7) is 5.23. The smallest absolute Gasteiger partial charge is 0.0951 e. The summed E-state index contributed by atoms with van der Waals surface area (Å²) in [7, 11) is 0. The molecule has 2 aromatic heterocycles. The van der Waals surface area contributed by atoms with Gasteiger partial charge >= 0.3 is 0 Å². The van der Waals surface area contributed by atoms with Crippen LogP contribution in [0, 0.1) is 0 Å². The van der Waals surface area contributed by atoms with Crippen LogP contribution in [0.3, 0.4) is 0 Å². The van der Waals surface area contributed by atoms with Gasteiger partial charge in [0.1, 0.15) is 0 Å². The molecule has 1 aromatic carbocycles. The van der Waals surface area contributed by atoms with Crippen LogP contribution < -0.4 is 0 Å². The van der Waals surface area contributed by atoms with Gasteiger partial charge in [0, 0.05) is 24.0 Å². The number of hydrogen-bond donors (Lipinski definition) is 0. The van der Waals surface area contributed by atoms with E-state index in [1.807, 2.05) is 12.5 Å². The maximum Gasteiger partial charge on any atom is 0.0951 e. The highest BCUT2D eigenvalue weighted by Crippen LogP contribution is 2.17. The second-order valence-electron chi connectivity index (χ2n) is 4.89. The topological polar surface area (TPSA) is 22.8 Å². The van der Waals surface area contributed by atoms with Crippen LogP contribution in [0.15, 0.2) is 49.1 Å². The first-order valence-corrected chi connectivity index (χ1v) is 6.30. The summed E-state index contributed by atoms with van der Waals surface area (Å²) < 4.78 is 4.49. The molecule has 3 aromatic rings. The van der Waals surface area contributed by atoms with Crippen molar-refractivity contribution < 1.29 is 0 Å². The van der Waals surface area contributed by atoms with Crippen molar-refractivity contribution in [2.75, 3.05) is 0 Å². The number of para-hydroxylation sites is 1. The quantitative estimate of drug-likeness (QED) is 0.686. The molecule has 92 valence electrons. The highest BCUT2D eigenvalue weighted by Gasteiger charge is 2.07. The van der Waals surface area contributed by atoms with Crippen LogP contribution in [0.25, 0.3) is 10.9 Å². The van der Waals surface area contributed by atoms with Crippen molar-refractivity contribution in [1.29, 1.82) is 0 Å². The van der Waals surface area contributed by atoms with E-state index in [2.05, 4.69) is 64.5 Å². The third kappa shape index (κ3) is 1.82. The summed E-state index contributed by atoms with van der Waals surface area (Å²) in [5, 5.41) is 1.29. The Balaban J connectivity index is 1.99. The molecule has 0 amide bonds. The van der Waals surface area contributed by atoms with Gasteiger partial charge < -0.3 is 9.13 Å². The van der Waals surface area contributed by atoms with Crippen molar-refractivity contribution in [3.63, 3.8) is 0 Å². The van der Waals surface area contributed by atoms with Crippen molar-refractivity contribution in [2.24, 2.45) is 0 Å². The van der Waals surface area contributed by atoms with Gasteiger partial charge in [0.25, 0.3) is 0 Å². The maximum absolute atomic E-state index is 4.25. The molecule has 0 aliphatic carbocycles. The number of imidazole rings is 1. The average molecular weight is 239 g/mol. The summed E-state index contributed by atoms with van der Waals surface area (Å²) in [5.41, 5.74) is 2.51. The predicted octanol–water partition coefficient (Wildman–Crippen LogP) is 3.47. The number of aromatic nitrogens is 3. The molecule has 0 saturated heterocycles. The monoisotopic (exact) mass is 239 g/mol. The van der Waals surface area contributed by atoms with E-state index in [4.69, 9.17) is 0 Å². The molecular formula is C15H17N3. The molecule has 0 bridgehead atoms. The standard InChI is InChI=1S/C15H17N3/c1-12(2)18-11-16-9-14(18)10-17-8-7-13-5-3-4-6-15(13)17/h3-9,11-12H,10H2,1-2H3. The van der Waals surface area contributed by atoms with Gasteiger partial charge in [-0.1, -0.05) is 18.2 Å². The van der Waals surface area contributed by atoms with Crippen molar-refractivity contribution in [1.82, 2.24) is 14.1 Å². The summed E-state index contributed by atoms with van der Waals surface area (Å²) in [5.74, 6) is 0. The van der Waals surface area contributed by atoms with Crippen molar-refractivity contribution >= 4 is 10.9 Å². The fourth-order valence-corrected chi connectivity index (χ4v) is 2.37. The minimum absolute atomic E-state index is 0.448.